The number of rotatable bonds is 8. The van der Waals surface area contributed by atoms with Crippen LogP contribution in [-0.2, 0) is 19.1 Å². The number of benzene rings is 1. The first-order chi connectivity index (χ1) is 15.2. The summed E-state index contributed by atoms with van der Waals surface area (Å²) in [7, 11) is 1.45. The minimum Gasteiger partial charge on any atom is -0.462 e. The molecule has 3 N–H and O–H groups in total. The van der Waals surface area contributed by atoms with E-state index in [2.05, 4.69) is 16.0 Å². The van der Waals surface area contributed by atoms with Gasteiger partial charge in [0.2, 0.25) is 5.91 Å². The topological polar surface area (TPSA) is 140 Å². The van der Waals surface area contributed by atoms with E-state index in [9.17, 15) is 24.0 Å². The summed E-state index contributed by atoms with van der Waals surface area (Å²) in [6.07, 6.45) is 0. The van der Waals surface area contributed by atoms with E-state index >= 15 is 0 Å². The number of carbonyl (C=O) groups is 5. The molecule has 3 amide bonds. The number of nitrogens with one attached hydrogen (secondary N) is 3. The molecule has 10 nitrogen and oxygen atoms in total. The van der Waals surface area contributed by atoms with Gasteiger partial charge < -0.3 is 25.4 Å². The van der Waals surface area contributed by atoms with Gasteiger partial charge in [-0.15, -0.1) is 11.3 Å². The fourth-order valence-electron chi connectivity index (χ4n) is 2.65. The first kappa shape index (κ1) is 24.5. The van der Waals surface area contributed by atoms with Crippen LogP contribution in [0.4, 0.5) is 10.7 Å². The zero-order valence-corrected chi connectivity index (χ0v) is 18.8. The third-order valence-corrected chi connectivity index (χ3v) is 5.29. The molecular formula is C21H23N3O7S. The molecule has 32 heavy (non-hydrogen) atoms. The number of anilines is 2. The maximum Gasteiger partial charge on any atom is 0.341 e. The molecule has 0 aliphatic rings. The Morgan fingerprint density at radius 2 is 1.62 bits per heavy atom. The van der Waals surface area contributed by atoms with Crippen molar-refractivity contribution in [3.63, 3.8) is 0 Å². The molecule has 2 rings (SSSR count). The van der Waals surface area contributed by atoms with Crippen molar-refractivity contribution < 1.29 is 33.4 Å². The van der Waals surface area contributed by atoms with Gasteiger partial charge in [0.15, 0.2) is 6.61 Å². The Bertz CT molecular complexity index is 1040. The summed E-state index contributed by atoms with van der Waals surface area (Å²) in [5, 5.41) is 7.67. The van der Waals surface area contributed by atoms with Crippen LogP contribution in [-0.4, -0.2) is 49.9 Å². The van der Waals surface area contributed by atoms with E-state index in [-0.39, 0.29) is 33.5 Å². The highest BCUT2D eigenvalue weighted by atomic mass is 32.1. The lowest BCUT2D eigenvalue weighted by Gasteiger charge is -2.08. The van der Waals surface area contributed by atoms with Gasteiger partial charge in [-0.2, -0.15) is 0 Å². The second-order valence-corrected chi connectivity index (χ2v) is 7.46. The summed E-state index contributed by atoms with van der Waals surface area (Å²) in [4.78, 5) is 60.2. The Kier molecular flexibility index (Phi) is 8.47. The third kappa shape index (κ3) is 6.14. The lowest BCUT2D eigenvalue weighted by Crippen LogP contribution is -2.21. The fraction of sp³-hybridized carbons (Fsp3) is 0.286. The van der Waals surface area contributed by atoms with Gasteiger partial charge in [0.05, 0.1) is 22.6 Å². The molecule has 0 aliphatic heterocycles. The maximum atomic E-state index is 12.3. The van der Waals surface area contributed by atoms with E-state index in [1.54, 1.807) is 13.8 Å². The molecule has 0 bridgehead atoms. The van der Waals surface area contributed by atoms with Gasteiger partial charge in [0.25, 0.3) is 11.8 Å². The fourth-order valence-corrected chi connectivity index (χ4v) is 3.81. The second kappa shape index (κ2) is 11.0. The van der Waals surface area contributed by atoms with E-state index in [1.165, 1.54) is 38.2 Å². The monoisotopic (exact) mass is 461 g/mol. The minimum atomic E-state index is -0.742. The molecule has 11 heteroatoms. The first-order valence-corrected chi connectivity index (χ1v) is 10.4. The lowest BCUT2D eigenvalue weighted by molar-refractivity contribution is -0.119. The molecule has 0 spiro atoms. The zero-order valence-electron chi connectivity index (χ0n) is 18.0. The lowest BCUT2D eigenvalue weighted by atomic mass is 10.1. The number of amides is 3. The molecule has 170 valence electrons. The average Bonchev–Trinajstić information content (AvgIpc) is 3.07. The van der Waals surface area contributed by atoms with Crippen LogP contribution in [0.25, 0.3) is 0 Å². The summed E-state index contributed by atoms with van der Waals surface area (Å²) >= 11 is 0.919. The quantitative estimate of drug-likeness (QED) is 0.513. The van der Waals surface area contributed by atoms with E-state index < -0.39 is 30.4 Å². The number of hydrogen-bond acceptors (Lipinski definition) is 8. The Labute approximate surface area is 188 Å². The van der Waals surface area contributed by atoms with Crippen LogP contribution in [0.15, 0.2) is 24.3 Å². The van der Waals surface area contributed by atoms with Crippen molar-refractivity contribution in [2.75, 3.05) is 30.9 Å². The average molecular weight is 461 g/mol. The molecular weight excluding hydrogens is 438 g/mol. The third-order valence-electron chi connectivity index (χ3n) is 4.09. The van der Waals surface area contributed by atoms with Crippen molar-refractivity contribution in [3.05, 3.63) is 45.8 Å². The SMILES string of the molecule is CCOC(=O)c1c(NC(=O)COC(=O)c2ccc(NC(C)=O)cc2)sc(C(=O)NC)c1C. The molecule has 1 heterocycles. The molecule has 0 radical (unpaired) electrons. The van der Waals surface area contributed by atoms with Crippen LogP contribution in [0.2, 0.25) is 0 Å². The van der Waals surface area contributed by atoms with E-state index in [0.717, 1.165) is 11.3 Å². The van der Waals surface area contributed by atoms with Gasteiger partial charge in [-0.25, -0.2) is 9.59 Å². The zero-order chi connectivity index (χ0) is 23.8. The highest BCUT2D eigenvalue weighted by Crippen LogP contribution is 2.33. The molecule has 1 aromatic carbocycles. The smallest absolute Gasteiger partial charge is 0.341 e. The molecule has 0 aliphatic carbocycles. The van der Waals surface area contributed by atoms with E-state index in [0.29, 0.717) is 11.3 Å². The second-order valence-electron chi connectivity index (χ2n) is 6.44. The number of thiophene rings is 1. The summed E-state index contributed by atoms with van der Waals surface area (Å²) in [5.41, 5.74) is 1.15. The molecule has 0 saturated heterocycles. The molecule has 0 unspecified atom stereocenters. The normalized spacial score (nSPS) is 10.1. The number of esters is 2. The van der Waals surface area contributed by atoms with Crippen molar-refractivity contribution in [2.45, 2.75) is 20.8 Å². The van der Waals surface area contributed by atoms with Gasteiger partial charge in [0, 0.05) is 19.7 Å². The number of carbonyl (C=O) groups excluding carboxylic acids is 5. The number of hydrogen-bond donors (Lipinski definition) is 3. The van der Waals surface area contributed by atoms with E-state index in [1.807, 2.05) is 0 Å². The van der Waals surface area contributed by atoms with Crippen LogP contribution in [0.3, 0.4) is 0 Å². The van der Waals surface area contributed by atoms with Gasteiger partial charge in [-0.1, -0.05) is 0 Å². The minimum absolute atomic E-state index is 0.0729. The molecule has 1 aromatic heterocycles. The van der Waals surface area contributed by atoms with Crippen LogP contribution >= 0.6 is 11.3 Å². The van der Waals surface area contributed by atoms with Crippen LogP contribution in [0.5, 0.6) is 0 Å². The highest BCUT2D eigenvalue weighted by Gasteiger charge is 2.26. The molecule has 0 saturated carbocycles. The number of ether oxygens (including phenoxy) is 2. The Hall–Kier alpha value is -3.73. The first-order valence-electron chi connectivity index (χ1n) is 9.55. The van der Waals surface area contributed by atoms with Crippen LogP contribution in [0.1, 0.15) is 49.8 Å². The van der Waals surface area contributed by atoms with Crippen LogP contribution < -0.4 is 16.0 Å². The van der Waals surface area contributed by atoms with Crippen LogP contribution in [0, 0.1) is 6.92 Å². The van der Waals surface area contributed by atoms with Crippen molar-refractivity contribution in [1.29, 1.82) is 0 Å². The summed E-state index contributed by atoms with van der Waals surface area (Å²) in [6.45, 7) is 4.09. The van der Waals surface area contributed by atoms with Gasteiger partial charge in [-0.05, 0) is 43.7 Å². The van der Waals surface area contributed by atoms with Crippen molar-refractivity contribution in [3.8, 4) is 0 Å². The largest absolute Gasteiger partial charge is 0.462 e. The van der Waals surface area contributed by atoms with E-state index in [4.69, 9.17) is 9.47 Å². The Morgan fingerprint density at radius 3 is 2.19 bits per heavy atom. The predicted octanol–water partition coefficient (Wildman–Crippen LogP) is 2.35. The molecule has 0 atom stereocenters. The van der Waals surface area contributed by atoms with Crippen molar-refractivity contribution in [1.82, 2.24) is 5.32 Å². The van der Waals surface area contributed by atoms with Gasteiger partial charge in [-0.3, -0.25) is 14.4 Å². The molecule has 2 aromatic rings. The predicted molar refractivity (Wildman–Crippen MR) is 118 cm³/mol. The summed E-state index contributed by atoms with van der Waals surface area (Å²) < 4.78 is 10.0. The summed E-state index contributed by atoms with van der Waals surface area (Å²) in [6, 6.07) is 5.95. The highest BCUT2D eigenvalue weighted by molar-refractivity contribution is 7.18. The van der Waals surface area contributed by atoms with Gasteiger partial charge in [0.1, 0.15) is 5.00 Å². The standard InChI is InChI=1S/C21H23N3O7S/c1-5-30-21(29)16-11(2)17(18(27)22-4)32-19(16)24-15(26)10-31-20(28)13-6-8-14(9-7-13)23-12(3)25/h6-9H,5,10H2,1-4H3,(H,22,27)(H,23,25)(H,24,26). The Balaban J connectivity index is 2.08. The van der Waals surface area contributed by atoms with Crippen molar-refractivity contribution >= 4 is 51.7 Å². The van der Waals surface area contributed by atoms with Gasteiger partial charge >= 0.3 is 11.9 Å². The summed E-state index contributed by atoms with van der Waals surface area (Å²) in [5.74, 6) is -2.77. The molecule has 0 fully saturated rings. The maximum absolute atomic E-state index is 12.3. The Morgan fingerprint density at radius 1 is 0.969 bits per heavy atom. The van der Waals surface area contributed by atoms with Crippen molar-refractivity contribution in [2.24, 2.45) is 0 Å².